The number of fused-ring (bicyclic) bond motifs is 1. The summed E-state index contributed by atoms with van der Waals surface area (Å²) >= 11 is 0. The van der Waals surface area contributed by atoms with Crippen LogP contribution < -0.4 is 4.90 Å². The zero-order valence-electron chi connectivity index (χ0n) is 11.5. The van der Waals surface area contributed by atoms with Gasteiger partial charge >= 0.3 is 0 Å². The fraction of sp³-hybridized carbons (Fsp3) is 0.118. The average Bonchev–Trinajstić information content (AvgIpc) is 3.10. The lowest BCUT2D eigenvalue weighted by Crippen LogP contribution is -2.33. The van der Waals surface area contributed by atoms with E-state index in [4.69, 9.17) is 4.84 Å². The SMILES string of the molecule is O=C1[C@@H]2C(c3ccccc3)=NO[C@@H]2C(=O)N1c1ccccc1. The smallest absolute Gasteiger partial charge is 0.278 e. The highest BCUT2D eigenvalue weighted by atomic mass is 16.6. The lowest BCUT2D eigenvalue weighted by atomic mass is 9.94. The third kappa shape index (κ3) is 1.75. The van der Waals surface area contributed by atoms with Gasteiger partial charge in [-0.25, -0.2) is 4.90 Å². The van der Waals surface area contributed by atoms with Crippen LogP contribution in [0.2, 0.25) is 0 Å². The maximum absolute atomic E-state index is 12.7. The van der Waals surface area contributed by atoms with Gasteiger partial charge in [0.05, 0.1) is 5.69 Å². The van der Waals surface area contributed by atoms with E-state index in [0.717, 1.165) is 5.56 Å². The quantitative estimate of drug-likeness (QED) is 0.795. The minimum Gasteiger partial charge on any atom is -0.381 e. The van der Waals surface area contributed by atoms with Gasteiger partial charge < -0.3 is 4.84 Å². The van der Waals surface area contributed by atoms with Crippen LogP contribution in [0.3, 0.4) is 0 Å². The third-order valence-electron chi connectivity index (χ3n) is 3.90. The van der Waals surface area contributed by atoms with Gasteiger partial charge in [0.25, 0.3) is 5.91 Å². The van der Waals surface area contributed by atoms with Crippen molar-refractivity contribution in [1.29, 1.82) is 0 Å². The molecule has 5 heteroatoms. The molecule has 2 aliphatic rings. The Bertz CT molecular complexity index is 771. The molecule has 0 spiro atoms. The summed E-state index contributed by atoms with van der Waals surface area (Å²) in [4.78, 5) is 31.6. The molecule has 0 unspecified atom stereocenters. The average molecular weight is 292 g/mol. The number of carbonyl (C=O) groups is 2. The Kier molecular flexibility index (Phi) is 2.79. The minimum absolute atomic E-state index is 0.290. The van der Waals surface area contributed by atoms with Crippen molar-refractivity contribution in [2.24, 2.45) is 11.1 Å². The van der Waals surface area contributed by atoms with Crippen molar-refractivity contribution in [2.45, 2.75) is 6.10 Å². The lowest BCUT2D eigenvalue weighted by molar-refractivity contribution is -0.126. The number of oxime groups is 1. The van der Waals surface area contributed by atoms with Gasteiger partial charge in [-0.05, 0) is 12.1 Å². The highest BCUT2D eigenvalue weighted by Gasteiger charge is 2.56. The van der Waals surface area contributed by atoms with Crippen LogP contribution >= 0.6 is 0 Å². The molecule has 0 N–H and O–H groups in total. The van der Waals surface area contributed by atoms with Gasteiger partial charge in [0.2, 0.25) is 12.0 Å². The number of hydrogen-bond donors (Lipinski definition) is 0. The van der Waals surface area contributed by atoms with E-state index >= 15 is 0 Å². The normalized spacial score (nSPS) is 23.3. The highest BCUT2D eigenvalue weighted by Crippen LogP contribution is 2.34. The monoisotopic (exact) mass is 292 g/mol. The number of rotatable bonds is 2. The van der Waals surface area contributed by atoms with Gasteiger partial charge in [-0.1, -0.05) is 53.7 Å². The lowest BCUT2D eigenvalue weighted by Gasteiger charge is -2.15. The summed E-state index contributed by atoms with van der Waals surface area (Å²) in [5, 5.41) is 3.97. The third-order valence-corrected chi connectivity index (χ3v) is 3.90. The summed E-state index contributed by atoms with van der Waals surface area (Å²) in [7, 11) is 0. The summed E-state index contributed by atoms with van der Waals surface area (Å²) in [6, 6.07) is 18.2. The van der Waals surface area contributed by atoms with Crippen molar-refractivity contribution in [3.8, 4) is 0 Å². The fourth-order valence-electron chi connectivity index (χ4n) is 2.86. The van der Waals surface area contributed by atoms with Crippen molar-refractivity contribution in [3.05, 3.63) is 66.2 Å². The van der Waals surface area contributed by atoms with Gasteiger partial charge in [0.1, 0.15) is 11.6 Å². The van der Waals surface area contributed by atoms with Crippen molar-refractivity contribution < 1.29 is 14.4 Å². The van der Waals surface area contributed by atoms with Gasteiger partial charge in [0, 0.05) is 5.56 Å². The predicted octanol–water partition coefficient (Wildman–Crippen LogP) is 1.98. The molecule has 0 saturated carbocycles. The number of hydrogen-bond acceptors (Lipinski definition) is 4. The Hall–Kier alpha value is -2.95. The largest absolute Gasteiger partial charge is 0.381 e. The van der Waals surface area contributed by atoms with E-state index in [1.165, 1.54) is 4.90 Å². The molecule has 2 aromatic rings. The molecular weight excluding hydrogens is 280 g/mol. The van der Waals surface area contributed by atoms with Crippen LogP contribution in [0.1, 0.15) is 5.56 Å². The standard InChI is InChI=1S/C17H12N2O3/c20-16-13-14(11-7-3-1-4-8-11)18-22-15(13)17(21)19(16)12-9-5-2-6-10-12/h1-10,13,15H/t13-,15+/m1/s1. The summed E-state index contributed by atoms with van der Waals surface area (Å²) in [6.07, 6.45) is -0.858. The van der Waals surface area contributed by atoms with Crippen LogP contribution in [0.4, 0.5) is 5.69 Å². The molecular formula is C17H12N2O3. The highest BCUT2D eigenvalue weighted by molar-refractivity contribution is 6.32. The Morgan fingerprint density at radius 1 is 0.864 bits per heavy atom. The predicted molar refractivity (Wildman–Crippen MR) is 80.3 cm³/mol. The first-order valence-electron chi connectivity index (χ1n) is 6.99. The minimum atomic E-state index is -0.858. The summed E-state index contributed by atoms with van der Waals surface area (Å²) in [6.45, 7) is 0. The molecule has 1 saturated heterocycles. The van der Waals surface area contributed by atoms with E-state index in [1.807, 2.05) is 36.4 Å². The molecule has 4 rings (SSSR count). The van der Waals surface area contributed by atoms with Crippen molar-refractivity contribution in [1.82, 2.24) is 0 Å². The van der Waals surface area contributed by atoms with E-state index in [-0.39, 0.29) is 11.8 Å². The van der Waals surface area contributed by atoms with E-state index in [1.54, 1.807) is 24.3 Å². The number of para-hydroxylation sites is 1. The number of carbonyl (C=O) groups excluding carboxylic acids is 2. The van der Waals surface area contributed by atoms with Crippen LogP contribution in [0.15, 0.2) is 65.8 Å². The zero-order valence-corrected chi connectivity index (χ0v) is 11.5. The number of anilines is 1. The second kappa shape index (κ2) is 4.80. The van der Waals surface area contributed by atoms with Gasteiger partial charge in [-0.3, -0.25) is 9.59 Å². The Morgan fingerprint density at radius 2 is 1.50 bits per heavy atom. The molecule has 2 heterocycles. The summed E-state index contributed by atoms with van der Waals surface area (Å²) < 4.78 is 0. The molecule has 0 aromatic heterocycles. The molecule has 2 aliphatic heterocycles. The van der Waals surface area contributed by atoms with Gasteiger partial charge in [-0.15, -0.1) is 0 Å². The fourth-order valence-corrected chi connectivity index (χ4v) is 2.86. The summed E-state index contributed by atoms with van der Waals surface area (Å²) in [5.41, 5.74) is 1.87. The number of benzene rings is 2. The zero-order chi connectivity index (χ0) is 15.1. The van der Waals surface area contributed by atoms with Crippen molar-refractivity contribution in [3.63, 3.8) is 0 Å². The Morgan fingerprint density at radius 3 is 2.18 bits per heavy atom. The Balaban J connectivity index is 1.73. The van der Waals surface area contributed by atoms with Crippen LogP contribution in [-0.2, 0) is 14.4 Å². The molecule has 1 fully saturated rings. The van der Waals surface area contributed by atoms with Crippen LogP contribution in [0.25, 0.3) is 0 Å². The topological polar surface area (TPSA) is 59.0 Å². The first-order chi connectivity index (χ1) is 10.8. The van der Waals surface area contributed by atoms with E-state index in [0.29, 0.717) is 11.4 Å². The first-order valence-corrected chi connectivity index (χ1v) is 6.99. The molecule has 0 radical (unpaired) electrons. The van der Waals surface area contributed by atoms with Crippen LogP contribution in [-0.4, -0.2) is 23.6 Å². The first kappa shape index (κ1) is 12.8. The maximum atomic E-state index is 12.7. The van der Waals surface area contributed by atoms with Crippen molar-refractivity contribution in [2.75, 3.05) is 4.90 Å². The molecule has 2 amide bonds. The van der Waals surface area contributed by atoms with Gasteiger partial charge in [0.15, 0.2) is 0 Å². The van der Waals surface area contributed by atoms with E-state index in [9.17, 15) is 9.59 Å². The molecule has 108 valence electrons. The molecule has 2 aromatic carbocycles. The molecule has 22 heavy (non-hydrogen) atoms. The second-order valence-corrected chi connectivity index (χ2v) is 5.19. The van der Waals surface area contributed by atoms with Crippen LogP contribution in [0, 0.1) is 5.92 Å². The summed E-state index contributed by atoms with van der Waals surface area (Å²) in [5.74, 6) is -1.33. The number of amides is 2. The van der Waals surface area contributed by atoms with Crippen molar-refractivity contribution >= 4 is 23.2 Å². The molecule has 0 bridgehead atoms. The van der Waals surface area contributed by atoms with Crippen LogP contribution in [0.5, 0.6) is 0 Å². The maximum Gasteiger partial charge on any atom is 0.278 e. The Labute approximate surface area is 126 Å². The molecule has 2 atom stereocenters. The second-order valence-electron chi connectivity index (χ2n) is 5.19. The number of nitrogens with zero attached hydrogens (tertiary/aromatic N) is 2. The van der Waals surface area contributed by atoms with Gasteiger partial charge in [-0.2, -0.15) is 0 Å². The van der Waals surface area contributed by atoms with E-state index in [2.05, 4.69) is 5.16 Å². The molecule has 0 aliphatic carbocycles. The number of imide groups is 1. The molecule has 5 nitrogen and oxygen atoms in total. The van der Waals surface area contributed by atoms with E-state index < -0.39 is 12.0 Å².